The molecule has 2 aromatic rings. The molecule has 0 N–H and O–H groups in total. The van der Waals surface area contributed by atoms with Crippen LogP contribution < -0.4 is 0 Å². The predicted octanol–water partition coefficient (Wildman–Crippen LogP) is 0.661. The van der Waals surface area contributed by atoms with Crippen molar-refractivity contribution in [3.8, 4) is 0 Å². The van der Waals surface area contributed by atoms with E-state index in [4.69, 9.17) is 0 Å². The Morgan fingerprint density at radius 1 is 1.31 bits per heavy atom. The van der Waals surface area contributed by atoms with Crippen LogP contribution in [0.3, 0.4) is 0 Å². The third kappa shape index (κ3) is 1.87. The van der Waals surface area contributed by atoms with Crippen molar-refractivity contribution in [3.05, 3.63) is 42.0 Å². The molecule has 65 valence electrons. The van der Waals surface area contributed by atoms with Crippen LogP contribution in [0, 0.1) is 12.1 Å². The van der Waals surface area contributed by atoms with Gasteiger partial charge in [-0.25, -0.2) is 9.07 Å². The predicted molar refractivity (Wildman–Crippen MR) is 42.2 cm³/mol. The molecule has 0 bridgehead atoms. The molecule has 1 aromatic carbocycles. The van der Waals surface area contributed by atoms with E-state index in [-0.39, 0.29) is 5.82 Å². The normalized spacial score (nSPS) is 10.2. The summed E-state index contributed by atoms with van der Waals surface area (Å²) < 4.78 is 14.0. The molecule has 1 aromatic heterocycles. The Balaban J connectivity index is 2.15. The van der Waals surface area contributed by atoms with Gasteiger partial charge in [0.1, 0.15) is 5.82 Å². The van der Waals surface area contributed by atoms with Crippen LogP contribution in [0.5, 0.6) is 0 Å². The van der Waals surface area contributed by atoms with E-state index in [1.165, 1.54) is 16.8 Å². The van der Waals surface area contributed by atoms with E-state index < -0.39 is 0 Å². The number of tetrazole rings is 1. The molecule has 0 atom stereocenters. The Morgan fingerprint density at radius 2 is 2.08 bits per heavy atom. The van der Waals surface area contributed by atoms with Crippen LogP contribution in [-0.2, 0) is 6.54 Å². The third-order valence-electron chi connectivity index (χ3n) is 1.60. The SMILES string of the molecule is Fc1ccc(Cn2[c]nnn2)cc1. The lowest BCUT2D eigenvalue weighted by atomic mass is 10.2. The maximum atomic E-state index is 12.5. The van der Waals surface area contributed by atoms with Gasteiger partial charge in [0.05, 0.1) is 6.54 Å². The summed E-state index contributed by atoms with van der Waals surface area (Å²) in [5.74, 6) is -0.246. The first-order valence-corrected chi connectivity index (χ1v) is 3.73. The topological polar surface area (TPSA) is 43.6 Å². The molecular weight excluding hydrogens is 171 g/mol. The quantitative estimate of drug-likeness (QED) is 0.676. The molecule has 4 nitrogen and oxygen atoms in total. The number of hydrogen-bond donors (Lipinski definition) is 0. The lowest BCUT2D eigenvalue weighted by Crippen LogP contribution is -2.00. The highest BCUT2D eigenvalue weighted by atomic mass is 19.1. The van der Waals surface area contributed by atoms with Gasteiger partial charge in [-0.1, -0.05) is 12.1 Å². The fourth-order valence-electron chi connectivity index (χ4n) is 0.990. The average Bonchev–Trinajstić information content (AvgIpc) is 2.62. The Bertz CT molecular complexity index is 368. The van der Waals surface area contributed by atoms with Crippen molar-refractivity contribution in [2.24, 2.45) is 0 Å². The van der Waals surface area contributed by atoms with E-state index in [9.17, 15) is 4.39 Å². The number of rotatable bonds is 2. The van der Waals surface area contributed by atoms with E-state index in [2.05, 4.69) is 21.9 Å². The highest BCUT2D eigenvalue weighted by molar-refractivity contribution is 5.15. The van der Waals surface area contributed by atoms with Crippen LogP contribution in [0.4, 0.5) is 4.39 Å². The van der Waals surface area contributed by atoms with E-state index in [1.807, 2.05) is 0 Å². The monoisotopic (exact) mass is 177 g/mol. The Kier molecular flexibility index (Phi) is 1.99. The molecule has 0 aliphatic carbocycles. The molecule has 0 saturated heterocycles. The molecule has 0 spiro atoms. The zero-order chi connectivity index (χ0) is 9.10. The molecule has 0 saturated carbocycles. The third-order valence-corrected chi connectivity index (χ3v) is 1.60. The van der Waals surface area contributed by atoms with Crippen LogP contribution in [0.2, 0.25) is 0 Å². The summed E-state index contributed by atoms with van der Waals surface area (Å²) in [5, 5.41) is 10.4. The first-order valence-electron chi connectivity index (χ1n) is 3.73. The fourth-order valence-corrected chi connectivity index (χ4v) is 0.990. The first kappa shape index (κ1) is 7.85. The van der Waals surface area contributed by atoms with Gasteiger partial charge in [-0.05, 0) is 28.1 Å². The zero-order valence-corrected chi connectivity index (χ0v) is 6.68. The van der Waals surface area contributed by atoms with E-state index >= 15 is 0 Å². The fraction of sp³-hybridized carbons (Fsp3) is 0.125. The van der Waals surface area contributed by atoms with Crippen molar-refractivity contribution >= 4 is 0 Å². The summed E-state index contributed by atoms with van der Waals surface area (Å²) in [6, 6.07) is 6.18. The van der Waals surface area contributed by atoms with Crippen LogP contribution in [0.25, 0.3) is 0 Å². The summed E-state index contributed by atoms with van der Waals surface area (Å²) in [5.41, 5.74) is 0.935. The van der Waals surface area contributed by atoms with Gasteiger partial charge in [0.2, 0.25) is 6.33 Å². The number of halogens is 1. The highest BCUT2D eigenvalue weighted by Gasteiger charge is 1.96. The van der Waals surface area contributed by atoms with Crippen LogP contribution >= 0.6 is 0 Å². The molecule has 0 unspecified atom stereocenters. The molecule has 13 heavy (non-hydrogen) atoms. The summed E-state index contributed by atoms with van der Waals surface area (Å²) in [7, 11) is 0. The van der Waals surface area contributed by atoms with Gasteiger partial charge in [-0.2, -0.15) is 0 Å². The minimum atomic E-state index is -0.246. The van der Waals surface area contributed by atoms with Crippen molar-refractivity contribution in [3.63, 3.8) is 0 Å². The largest absolute Gasteiger partial charge is 0.221 e. The number of aromatic nitrogens is 4. The van der Waals surface area contributed by atoms with Crippen LogP contribution in [0.15, 0.2) is 24.3 Å². The van der Waals surface area contributed by atoms with Gasteiger partial charge in [0.15, 0.2) is 0 Å². The van der Waals surface area contributed by atoms with Gasteiger partial charge in [-0.3, -0.25) is 0 Å². The number of benzene rings is 1. The highest BCUT2D eigenvalue weighted by Crippen LogP contribution is 2.03. The average molecular weight is 177 g/mol. The minimum Gasteiger partial charge on any atom is -0.218 e. The van der Waals surface area contributed by atoms with E-state index in [0.29, 0.717) is 6.54 Å². The minimum absolute atomic E-state index is 0.246. The maximum absolute atomic E-state index is 12.5. The lowest BCUT2D eigenvalue weighted by Gasteiger charge is -1.98. The zero-order valence-electron chi connectivity index (χ0n) is 6.68. The van der Waals surface area contributed by atoms with Gasteiger partial charge < -0.3 is 0 Å². The molecule has 0 fully saturated rings. The van der Waals surface area contributed by atoms with Gasteiger partial charge in [-0.15, -0.1) is 5.10 Å². The second kappa shape index (κ2) is 3.30. The Labute approximate surface area is 74.0 Å². The van der Waals surface area contributed by atoms with Crippen molar-refractivity contribution < 1.29 is 4.39 Å². The molecule has 2 rings (SSSR count). The van der Waals surface area contributed by atoms with E-state index in [0.717, 1.165) is 5.56 Å². The van der Waals surface area contributed by atoms with Crippen molar-refractivity contribution in [2.45, 2.75) is 6.54 Å². The van der Waals surface area contributed by atoms with Crippen molar-refractivity contribution in [1.82, 2.24) is 20.2 Å². The van der Waals surface area contributed by atoms with Crippen LogP contribution in [-0.4, -0.2) is 20.2 Å². The molecule has 5 heteroatoms. The summed E-state index contributed by atoms with van der Waals surface area (Å²) >= 11 is 0. The molecule has 1 radical (unpaired) electrons. The van der Waals surface area contributed by atoms with Crippen molar-refractivity contribution in [2.75, 3.05) is 0 Å². The van der Waals surface area contributed by atoms with Gasteiger partial charge in [0.25, 0.3) is 0 Å². The Morgan fingerprint density at radius 3 is 2.69 bits per heavy atom. The standard InChI is InChI=1S/C8H6FN4/c9-8-3-1-7(2-4-8)5-13-6-10-11-12-13/h1-4H,5H2. The molecular formula is C8H6FN4. The van der Waals surface area contributed by atoms with Gasteiger partial charge in [0, 0.05) is 0 Å². The summed E-state index contributed by atoms with van der Waals surface area (Å²) in [6.07, 6.45) is 2.55. The second-order valence-corrected chi connectivity index (χ2v) is 2.56. The van der Waals surface area contributed by atoms with E-state index in [1.54, 1.807) is 12.1 Å². The maximum Gasteiger partial charge on any atom is 0.221 e. The second-order valence-electron chi connectivity index (χ2n) is 2.56. The summed E-state index contributed by atoms with van der Waals surface area (Å²) in [6.45, 7) is 0.507. The van der Waals surface area contributed by atoms with Crippen molar-refractivity contribution in [1.29, 1.82) is 0 Å². The molecule has 0 aliphatic heterocycles. The smallest absolute Gasteiger partial charge is 0.218 e. The number of nitrogens with zero attached hydrogens (tertiary/aromatic N) is 4. The number of hydrogen-bond acceptors (Lipinski definition) is 3. The first-order chi connectivity index (χ1) is 6.34. The summed E-state index contributed by atoms with van der Waals surface area (Å²) in [4.78, 5) is 0. The van der Waals surface area contributed by atoms with Crippen LogP contribution in [0.1, 0.15) is 5.56 Å². The Hall–Kier alpha value is -1.78. The molecule has 0 aliphatic rings. The molecule has 1 heterocycles. The lowest BCUT2D eigenvalue weighted by molar-refractivity contribution is 0.620. The molecule has 0 amide bonds. The van der Waals surface area contributed by atoms with Gasteiger partial charge >= 0.3 is 0 Å².